The van der Waals surface area contributed by atoms with Crippen molar-refractivity contribution >= 4 is 67.0 Å². The molecule has 0 aliphatic rings. The van der Waals surface area contributed by atoms with Gasteiger partial charge in [0.15, 0.2) is 0 Å². The highest BCUT2D eigenvalue weighted by atomic mass is 16.6. The molecule has 0 unspecified atom stereocenters. The molecule has 0 saturated carbocycles. The number of benzene rings is 6. The summed E-state index contributed by atoms with van der Waals surface area (Å²) < 4.78 is 5.07. The second kappa shape index (κ2) is 9.08. The van der Waals surface area contributed by atoms with Gasteiger partial charge in [0.1, 0.15) is 0 Å². The normalized spacial score (nSPS) is 11.2. The van der Waals surface area contributed by atoms with Crippen LogP contribution in [0.2, 0.25) is 0 Å². The van der Waals surface area contributed by atoms with Gasteiger partial charge in [-0.3, -0.25) is 0 Å². The maximum absolute atomic E-state index is 13.1. The average Bonchev–Trinajstić information content (AvgIpc) is 2.93. The zero-order chi connectivity index (χ0) is 27.3. The van der Waals surface area contributed by atoms with Gasteiger partial charge in [0.25, 0.3) is 0 Å². The highest BCUT2D eigenvalue weighted by Crippen LogP contribution is 2.29. The number of carboxylic acids is 2. The van der Waals surface area contributed by atoms with Gasteiger partial charge in [0.2, 0.25) is 0 Å². The molecule has 6 aromatic carbocycles. The van der Waals surface area contributed by atoms with Crippen molar-refractivity contribution < 1.29 is 34.1 Å². The van der Waals surface area contributed by atoms with E-state index in [1.165, 1.54) is 24.3 Å². The number of hydrogen-bond donors (Lipinski definition) is 2. The van der Waals surface area contributed by atoms with Crippen molar-refractivity contribution in [2.75, 3.05) is 0 Å². The molecule has 0 bridgehead atoms. The smallest absolute Gasteiger partial charge is 0.346 e. The van der Waals surface area contributed by atoms with Gasteiger partial charge in [-0.2, -0.15) is 0 Å². The summed E-state index contributed by atoms with van der Waals surface area (Å²) in [4.78, 5) is 50.3. The molecule has 0 amide bonds. The summed E-state index contributed by atoms with van der Waals surface area (Å²) >= 11 is 0. The minimum atomic E-state index is -1.37. The number of aromatic carboxylic acids is 2. The Morgan fingerprint density at radius 3 is 0.974 bits per heavy atom. The van der Waals surface area contributed by atoms with Crippen LogP contribution in [0.3, 0.4) is 0 Å². The van der Waals surface area contributed by atoms with E-state index in [1.54, 1.807) is 0 Å². The van der Waals surface area contributed by atoms with Gasteiger partial charge in [0, 0.05) is 0 Å². The fraction of sp³-hybridized carbons (Fsp3) is 0. The number of carbonyl (C=O) groups is 4. The SMILES string of the molecule is O=C(O)c1cc2cc3ccccc3cc2cc1C(=O)OC(=O)c1cc2cc3ccccc3cc2cc1C(=O)O. The molecule has 6 aromatic rings. The van der Waals surface area contributed by atoms with E-state index in [0.29, 0.717) is 21.5 Å². The van der Waals surface area contributed by atoms with Crippen molar-refractivity contribution in [1.82, 2.24) is 0 Å². The van der Waals surface area contributed by atoms with Crippen LogP contribution >= 0.6 is 0 Å². The van der Waals surface area contributed by atoms with Crippen LogP contribution in [0.15, 0.2) is 97.1 Å². The predicted molar refractivity (Wildman–Crippen MR) is 147 cm³/mol. The third-order valence-electron chi connectivity index (χ3n) is 6.77. The molecule has 39 heavy (non-hydrogen) atoms. The monoisotopic (exact) mass is 514 g/mol. The van der Waals surface area contributed by atoms with Crippen molar-refractivity contribution in [3.63, 3.8) is 0 Å². The van der Waals surface area contributed by atoms with Crippen molar-refractivity contribution in [2.45, 2.75) is 0 Å². The first kappa shape index (κ1) is 23.8. The summed E-state index contributed by atoms with van der Waals surface area (Å²) in [6, 6.07) is 27.7. The van der Waals surface area contributed by atoms with Gasteiger partial charge in [-0.1, -0.05) is 48.5 Å². The van der Waals surface area contributed by atoms with E-state index < -0.39 is 23.9 Å². The first-order valence-corrected chi connectivity index (χ1v) is 11.9. The molecule has 2 N–H and O–H groups in total. The number of hydrogen-bond acceptors (Lipinski definition) is 5. The fourth-order valence-corrected chi connectivity index (χ4v) is 4.87. The molecule has 7 heteroatoms. The molecule has 0 aliphatic heterocycles. The van der Waals surface area contributed by atoms with E-state index in [2.05, 4.69) is 0 Å². The van der Waals surface area contributed by atoms with E-state index in [0.717, 1.165) is 21.5 Å². The Morgan fingerprint density at radius 1 is 0.410 bits per heavy atom. The van der Waals surface area contributed by atoms with Gasteiger partial charge < -0.3 is 14.9 Å². The van der Waals surface area contributed by atoms with Crippen molar-refractivity contribution in [3.8, 4) is 0 Å². The van der Waals surface area contributed by atoms with E-state index >= 15 is 0 Å². The molecule has 188 valence electrons. The largest absolute Gasteiger partial charge is 0.478 e. The summed E-state index contributed by atoms with van der Waals surface area (Å²) in [7, 11) is 0. The summed E-state index contributed by atoms with van der Waals surface area (Å²) in [6.45, 7) is 0. The first-order chi connectivity index (χ1) is 18.8. The summed E-state index contributed by atoms with van der Waals surface area (Å²) in [5.74, 6) is -5.12. The lowest BCUT2D eigenvalue weighted by molar-refractivity contribution is 0.0387. The number of esters is 2. The zero-order valence-electron chi connectivity index (χ0n) is 20.2. The quantitative estimate of drug-likeness (QED) is 0.153. The van der Waals surface area contributed by atoms with Crippen LogP contribution in [0, 0.1) is 0 Å². The summed E-state index contributed by atoms with van der Waals surface area (Å²) in [5, 5.41) is 25.5. The lowest BCUT2D eigenvalue weighted by Crippen LogP contribution is -2.18. The predicted octanol–water partition coefficient (Wildman–Crippen LogP) is 6.69. The van der Waals surface area contributed by atoms with Gasteiger partial charge in [-0.05, 0) is 91.6 Å². The molecule has 0 heterocycles. The van der Waals surface area contributed by atoms with E-state index in [-0.39, 0.29) is 22.3 Å². The number of fused-ring (bicyclic) bond motifs is 4. The Labute approximate surface area is 220 Å². The van der Waals surface area contributed by atoms with Gasteiger partial charge in [-0.15, -0.1) is 0 Å². The Morgan fingerprint density at radius 2 is 0.692 bits per heavy atom. The molecule has 0 aliphatic carbocycles. The van der Waals surface area contributed by atoms with Crippen LogP contribution in [0.25, 0.3) is 43.1 Å². The second-order valence-electron chi connectivity index (χ2n) is 9.18. The maximum Gasteiger partial charge on any atom is 0.346 e. The molecule has 7 nitrogen and oxygen atoms in total. The molecular weight excluding hydrogens is 496 g/mol. The Balaban J connectivity index is 1.42. The highest BCUT2D eigenvalue weighted by molar-refractivity contribution is 6.15. The van der Waals surface area contributed by atoms with Gasteiger partial charge >= 0.3 is 23.9 Å². The van der Waals surface area contributed by atoms with Crippen molar-refractivity contribution in [2.24, 2.45) is 0 Å². The average molecular weight is 514 g/mol. The van der Waals surface area contributed by atoms with Crippen LogP contribution in [-0.4, -0.2) is 34.1 Å². The van der Waals surface area contributed by atoms with Crippen LogP contribution in [0.4, 0.5) is 0 Å². The Bertz CT molecular complexity index is 1890. The van der Waals surface area contributed by atoms with Gasteiger partial charge in [0.05, 0.1) is 22.3 Å². The van der Waals surface area contributed by atoms with Crippen molar-refractivity contribution in [1.29, 1.82) is 0 Å². The third-order valence-corrected chi connectivity index (χ3v) is 6.77. The Kier molecular flexibility index (Phi) is 5.54. The van der Waals surface area contributed by atoms with Crippen LogP contribution in [0.1, 0.15) is 41.4 Å². The molecule has 0 fully saturated rings. The molecule has 0 atom stereocenters. The van der Waals surface area contributed by atoms with Crippen LogP contribution in [-0.2, 0) is 4.74 Å². The molecule has 0 spiro atoms. The number of carbonyl (C=O) groups excluding carboxylic acids is 2. The van der Waals surface area contributed by atoms with E-state index in [9.17, 15) is 29.4 Å². The minimum Gasteiger partial charge on any atom is -0.478 e. The summed E-state index contributed by atoms with van der Waals surface area (Å²) in [6.07, 6.45) is 0. The maximum atomic E-state index is 13.1. The number of rotatable bonds is 4. The van der Waals surface area contributed by atoms with Gasteiger partial charge in [-0.25, -0.2) is 19.2 Å². The minimum absolute atomic E-state index is 0.317. The molecule has 0 saturated heterocycles. The highest BCUT2D eigenvalue weighted by Gasteiger charge is 2.25. The van der Waals surface area contributed by atoms with E-state index in [4.69, 9.17) is 4.74 Å². The topological polar surface area (TPSA) is 118 Å². The lowest BCUT2D eigenvalue weighted by atomic mass is 9.97. The molecule has 0 aromatic heterocycles. The van der Waals surface area contributed by atoms with Crippen LogP contribution in [0.5, 0.6) is 0 Å². The van der Waals surface area contributed by atoms with E-state index in [1.807, 2.05) is 72.8 Å². The Hall–Kier alpha value is -5.56. The molecule has 6 rings (SSSR count). The standard InChI is InChI=1S/C32H18O7/c33-29(34)25-13-21-9-17-5-1-3-7-19(17)11-23(21)15-27(25)31(37)39-32(38)28-16-24-12-20-8-4-2-6-18(20)10-22(24)14-26(28)30(35)36/h1-16H,(H,33,34)(H,35,36). The third kappa shape index (κ3) is 4.22. The number of carboxylic acid groups (broad SMARTS) is 2. The molecule has 0 radical (unpaired) electrons. The lowest BCUT2D eigenvalue weighted by Gasteiger charge is -2.11. The number of ether oxygens (including phenoxy) is 1. The first-order valence-electron chi connectivity index (χ1n) is 11.9. The second-order valence-corrected chi connectivity index (χ2v) is 9.18. The fourth-order valence-electron chi connectivity index (χ4n) is 4.87. The van der Waals surface area contributed by atoms with Crippen molar-refractivity contribution in [3.05, 3.63) is 119 Å². The summed E-state index contributed by atoms with van der Waals surface area (Å²) in [5.41, 5.74) is -1.30. The van der Waals surface area contributed by atoms with Crippen LogP contribution < -0.4 is 0 Å². The zero-order valence-corrected chi connectivity index (χ0v) is 20.2. The molecular formula is C32H18O7.